The molecule has 0 aromatic carbocycles. The molecule has 0 spiro atoms. The minimum Gasteiger partial charge on any atom is -0.365 e. The van der Waals surface area contributed by atoms with E-state index in [4.69, 9.17) is 0 Å². The quantitative estimate of drug-likeness (QED) is 0.714. The van der Waals surface area contributed by atoms with Crippen LogP contribution < -0.4 is 10.6 Å². The lowest BCUT2D eigenvalue weighted by Gasteiger charge is -2.14. The van der Waals surface area contributed by atoms with Crippen molar-refractivity contribution in [2.24, 2.45) is 0 Å². The van der Waals surface area contributed by atoms with Crippen molar-refractivity contribution >= 4 is 33.7 Å². The largest absolute Gasteiger partial charge is 0.365 e. The van der Waals surface area contributed by atoms with Crippen molar-refractivity contribution in [2.75, 3.05) is 29.2 Å². The second-order valence-corrected chi connectivity index (χ2v) is 6.19. The van der Waals surface area contributed by atoms with Crippen LogP contribution in [0.3, 0.4) is 0 Å². The van der Waals surface area contributed by atoms with Gasteiger partial charge >= 0.3 is 0 Å². The van der Waals surface area contributed by atoms with Crippen LogP contribution >= 0.6 is 0 Å². The van der Waals surface area contributed by atoms with E-state index < -0.39 is 10.8 Å². The first-order valence-corrected chi connectivity index (χ1v) is 8.34. The second kappa shape index (κ2) is 6.65. The highest BCUT2D eigenvalue weighted by Crippen LogP contribution is 2.19. The van der Waals surface area contributed by atoms with Crippen molar-refractivity contribution in [1.82, 2.24) is 19.9 Å². The third-order valence-corrected chi connectivity index (χ3v) is 3.66. The van der Waals surface area contributed by atoms with Crippen LogP contribution in [0.5, 0.6) is 0 Å². The molecule has 0 saturated carbocycles. The minimum absolute atomic E-state index is 0.0567. The lowest BCUT2D eigenvalue weighted by Crippen LogP contribution is -2.23. The molecule has 2 rings (SSSR count). The molecule has 0 aliphatic carbocycles. The fraction of sp³-hybridized carbons (Fsp3) is 0.583. The number of hydrogen-bond donors (Lipinski definition) is 3. The molecule has 3 N–H and O–H groups in total. The monoisotopic (exact) mass is 296 g/mol. The van der Waals surface area contributed by atoms with Crippen LogP contribution in [0.25, 0.3) is 11.2 Å². The molecule has 0 aliphatic heterocycles. The smallest absolute Gasteiger partial charge is 0.226 e. The van der Waals surface area contributed by atoms with E-state index in [1.807, 2.05) is 6.92 Å². The summed E-state index contributed by atoms with van der Waals surface area (Å²) in [6.45, 7) is 4.87. The minimum atomic E-state index is -0.851. The van der Waals surface area contributed by atoms with Crippen molar-refractivity contribution in [3.8, 4) is 0 Å². The molecule has 7 nitrogen and oxygen atoms in total. The third kappa shape index (κ3) is 3.66. The van der Waals surface area contributed by atoms with E-state index in [9.17, 15) is 4.21 Å². The van der Waals surface area contributed by atoms with Gasteiger partial charge in [-0.3, -0.25) is 4.21 Å². The Balaban J connectivity index is 2.25. The van der Waals surface area contributed by atoms with Gasteiger partial charge in [-0.05, 0) is 13.3 Å². The summed E-state index contributed by atoms with van der Waals surface area (Å²) >= 11 is 0. The van der Waals surface area contributed by atoms with Crippen LogP contribution in [0, 0.1) is 0 Å². The van der Waals surface area contributed by atoms with E-state index in [1.165, 1.54) is 0 Å². The van der Waals surface area contributed by atoms with E-state index in [2.05, 4.69) is 37.5 Å². The van der Waals surface area contributed by atoms with Crippen molar-refractivity contribution in [3.05, 3.63) is 6.33 Å². The van der Waals surface area contributed by atoms with E-state index in [0.717, 1.165) is 18.5 Å². The maximum Gasteiger partial charge on any atom is 0.226 e. The number of imidazole rings is 1. The molecule has 2 aromatic rings. The summed E-state index contributed by atoms with van der Waals surface area (Å²) in [4.78, 5) is 16.0. The van der Waals surface area contributed by atoms with Gasteiger partial charge in [0.2, 0.25) is 5.95 Å². The zero-order chi connectivity index (χ0) is 14.5. The van der Waals surface area contributed by atoms with Gasteiger partial charge in [0.1, 0.15) is 5.52 Å². The van der Waals surface area contributed by atoms with Gasteiger partial charge in [-0.1, -0.05) is 6.92 Å². The van der Waals surface area contributed by atoms with Crippen LogP contribution in [-0.4, -0.2) is 48.7 Å². The fourth-order valence-corrected chi connectivity index (χ4v) is 2.67. The first-order chi connectivity index (χ1) is 9.60. The number of aromatic amines is 1. The van der Waals surface area contributed by atoms with Crippen LogP contribution in [0.4, 0.5) is 11.8 Å². The first kappa shape index (κ1) is 14.7. The molecule has 0 radical (unpaired) electrons. The standard InChI is InChI=1S/C12H20N6OS/c1-4-5-13-12-17-10-9(14-7-15-10)11(18-12)16-8(2)6-20(3)19/h7-8H,4-6H2,1-3H3,(H3,13,14,15,16,17,18). The summed E-state index contributed by atoms with van der Waals surface area (Å²) in [5.41, 5.74) is 1.38. The molecule has 2 heterocycles. The summed E-state index contributed by atoms with van der Waals surface area (Å²) in [6, 6.07) is 0.0567. The number of fused-ring (bicyclic) bond motifs is 1. The van der Waals surface area contributed by atoms with Crippen molar-refractivity contribution < 1.29 is 4.21 Å². The molecular weight excluding hydrogens is 276 g/mol. The summed E-state index contributed by atoms with van der Waals surface area (Å²) in [6.07, 6.45) is 4.28. The number of H-pyrrole nitrogens is 1. The number of rotatable bonds is 7. The number of nitrogens with zero attached hydrogens (tertiary/aromatic N) is 3. The van der Waals surface area contributed by atoms with Gasteiger partial charge < -0.3 is 15.6 Å². The van der Waals surface area contributed by atoms with E-state index in [0.29, 0.717) is 23.2 Å². The lowest BCUT2D eigenvalue weighted by molar-refractivity contribution is 0.683. The van der Waals surface area contributed by atoms with Gasteiger partial charge in [-0.25, -0.2) is 4.98 Å². The topological polar surface area (TPSA) is 95.6 Å². The predicted molar refractivity (Wildman–Crippen MR) is 82.5 cm³/mol. The Kier molecular flexibility index (Phi) is 4.89. The van der Waals surface area contributed by atoms with Crippen molar-refractivity contribution in [2.45, 2.75) is 26.3 Å². The molecule has 2 unspecified atom stereocenters. The number of nitrogens with one attached hydrogen (secondary N) is 3. The summed E-state index contributed by atoms with van der Waals surface area (Å²) in [7, 11) is -0.851. The van der Waals surface area contributed by atoms with Crippen molar-refractivity contribution in [3.63, 3.8) is 0 Å². The average molecular weight is 296 g/mol. The molecule has 0 amide bonds. The zero-order valence-electron chi connectivity index (χ0n) is 11.9. The molecule has 2 atom stereocenters. The molecule has 0 aliphatic rings. The molecule has 0 fully saturated rings. The molecule has 110 valence electrons. The van der Waals surface area contributed by atoms with Crippen LogP contribution in [0.2, 0.25) is 0 Å². The highest BCUT2D eigenvalue weighted by molar-refractivity contribution is 7.84. The zero-order valence-corrected chi connectivity index (χ0v) is 12.8. The molecule has 20 heavy (non-hydrogen) atoms. The predicted octanol–water partition coefficient (Wildman–Crippen LogP) is 1.35. The van der Waals surface area contributed by atoms with Crippen LogP contribution in [-0.2, 0) is 10.8 Å². The number of aromatic nitrogens is 4. The molecule has 8 heteroatoms. The number of anilines is 2. The average Bonchev–Trinajstić information content (AvgIpc) is 2.83. The van der Waals surface area contributed by atoms with Crippen molar-refractivity contribution in [1.29, 1.82) is 0 Å². The number of hydrogen-bond acceptors (Lipinski definition) is 6. The third-order valence-electron chi connectivity index (χ3n) is 2.69. The SMILES string of the molecule is CCCNc1nc(NC(C)CS(C)=O)c2[nH]cnc2n1. The second-order valence-electron chi connectivity index (χ2n) is 4.71. The molecule has 0 saturated heterocycles. The van der Waals surface area contributed by atoms with Gasteiger partial charge in [-0.2, -0.15) is 9.97 Å². The Labute approximate surface area is 120 Å². The molecular formula is C12H20N6OS. The van der Waals surface area contributed by atoms with E-state index >= 15 is 0 Å². The molecule has 0 bridgehead atoms. The van der Waals surface area contributed by atoms with E-state index in [1.54, 1.807) is 12.6 Å². The van der Waals surface area contributed by atoms with Gasteiger partial charge in [0.25, 0.3) is 0 Å². The first-order valence-electron chi connectivity index (χ1n) is 6.61. The lowest BCUT2D eigenvalue weighted by atomic mass is 10.3. The maximum atomic E-state index is 11.3. The highest BCUT2D eigenvalue weighted by Gasteiger charge is 2.12. The van der Waals surface area contributed by atoms with Gasteiger partial charge in [0.15, 0.2) is 11.5 Å². The van der Waals surface area contributed by atoms with Gasteiger partial charge in [0, 0.05) is 35.4 Å². The Bertz CT molecular complexity index is 599. The summed E-state index contributed by atoms with van der Waals surface area (Å²) in [5.74, 6) is 1.81. The Morgan fingerprint density at radius 2 is 2.25 bits per heavy atom. The molecule has 2 aromatic heterocycles. The highest BCUT2D eigenvalue weighted by atomic mass is 32.2. The van der Waals surface area contributed by atoms with Crippen LogP contribution in [0.1, 0.15) is 20.3 Å². The Morgan fingerprint density at radius 3 is 2.95 bits per heavy atom. The Hall–Kier alpha value is -1.70. The fourth-order valence-electron chi connectivity index (χ4n) is 1.88. The van der Waals surface area contributed by atoms with Gasteiger partial charge in [-0.15, -0.1) is 0 Å². The van der Waals surface area contributed by atoms with Gasteiger partial charge in [0.05, 0.1) is 6.33 Å². The van der Waals surface area contributed by atoms with E-state index in [-0.39, 0.29) is 6.04 Å². The van der Waals surface area contributed by atoms with Crippen LogP contribution in [0.15, 0.2) is 6.33 Å². The Morgan fingerprint density at radius 1 is 1.45 bits per heavy atom. The summed E-state index contributed by atoms with van der Waals surface area (Å²) < 4.78 is 11.3. The normalized spacial score (nSPS) is 14.2. The summed E-state index contributed by atoms with van der Waals surface area (Å²) in [5, 5.41) is 6.42. The maximum absolute atomic E-state index is 11.3.